The molecule has 0 aliphatic rings. The van der Waals surface area contributed by atoms with Gasteiger partial charge in [-0.05, 0) is 24.3 Å². The van der Waals surface area contributed by atoms with Crippen LogP contribution < -0.4 is 10.1 Å². The molecule has 0 unspecified atom stereocenters. The van der Waals surface area contributed by atoms with Crippen molar-refractivity contribution >= 4 is 50.3 Å². The zero-order valence-corrected chi connectivity index (χ0v) is 14.3. The average molecular weight is 381 g/mol. The smallest absolute Gasteiger partial charge is 0.271 e. The lowest BCUT2D eigenvalue weighted by molar-refractivity contribution is -0.384. The molecule has 1 N–H and O–H groups in total. The fourth-order valence-corrected chi connectivity index (χ4v) is 3.66. The number of methoxy groups -OCH3 is 1. The van der Waals surface area contributed by atoms with Gasteiger partial charge in [-0.25, -0.2) is 4.39 Å². The molecule has 0 spiro atoms. The standard InChI is InChI=1S/C16H10ClFN2O4S/c1-24-9-3-4-10-13(7-9)25-15(14(10)17)16(21)19-12-6-8(20(22)23)2-5-11(12)18/h2-7H,1H3,(H,19,21). The maximum atomic E-state index is 13.8. The summed E-state index contributed by atoms with van der Waals surface area (Å²) in [5, 5.41) is 14.0. The number of amides is 1. The SMILES string of the molecule is COc1ccc2c(Cl)c(C(=O)Nc3cc([N+](=O)[O-])ccc3F)sc2c1. The molecule has 0 aliphatic heterocycles. The number of benzene rings is 2. The second-order valence-corrected chi connectivity index (χ2v) is 6.41. The van der Waals surface area contributed by atoms with Crippen molar-refractivity contribution in [2.24, 2.45) is 0 Å². The highest BCUT2D eigenvalue weighted by atomic mass is 35.5. The molecule has 1 amide bonds. The first-order valence-electron chi connectivity index (χ1n) is 6.92. The minimum Gasteiger partial charge on any atom is -0.497 e. The van der Waals surface area contributed by atoms with E-state index >= 15 is 0 Å². The Morgan fingerprint density at radius 3 is 2.76 bits per heavy atom. The van der Waals surface area contributed by atoms with E-state index in [0.29, 0.717) is 11.1 Å². The molecule has 1 aromatic heterocycles. The van der Waals surface area contributed by atoms with Crippen molar-refractivity contribution in [3.8, 4) is 5.75 Å². The highest BCUT2D eigenvalue weighted by Gasteiger charge is 2.20. The van der Waals surface area contributed by atoms with E-state index in [2.05, 4.69) is 5.32 Å². The zero-order chi connectivity index (χ0) is 18.1. The molecule has 0 saturated carbocycles. The van der Waals surface area contributed by atoms with Gasteiger partial charge in [0.25, 0.3) is 11.6 Å². The van der Waals surface area contributed by atoms with Crippen LogP contribution in [0, 0.1) is 15.9 Å². The van der Waals surface area contributed by atoms with Crippen LogP contribution in [0.1, 0.15) is 9.67 Å². The summed E-state index contributed by atoms with van der Waals surface area (Å²) in [6.07, 6.45) is 0. The molecule has 6 nitrogen and oxygen atoms in total. The Balaban J connectivity index is 1.96. The van der Waals surface area contributed by atoms with Crippen molar-refractivity contribution in [1.82, 2.24) is 0 Å². The molecule has 0 atom stereocenters. The van der Waals surface area contributed by atoms with Crippen molar-refractivity contribution in [2.45, 2.75) is 0 Å². The van der Waals surface area contributed by atoms with Crippen LogP contribution in [0.4, 0.5) is 15.8 Å². The summed E-state index contributed by atoms with van der Waals surface area (Å²) >= 11 is 7.36. The number of anilines is 1. The van der Waals surface area contributed by atoms with Gasteiger partial charge in [-0.3, -0.25) is 14.9 Å². The summed E-state index contributed by atoms with van der Waals surface area (Å²) in [7, 11) is 1.52. The van der Waals surface area contributed by atoms with Gasteiger partial charge in [-0.1, -0.05) is 11.6 Å². The number of halogens is 2. The predicted molar refractivity (Wildman–Crippen MR) is 94.4 cm³/mol. The van der Waals surface area contributed by atoms with Crippen molar-refractivity contribution in [1.29, 1.82) is 0 Å². The quantitative estimate of drug-likeness (QED) is 0.517. The molecule has 25 heavy (non-hydrogen) atoms. The summed E-state index contributed by atoms with van der Waals surface area (Å²) in [5.41, 5.74) is -0.617. The molecule has 0 radical (unpaired) electrons. The third-order valence-electron chi connectivity index (χ3n) is 3.45. The third-order valence-corrected chi connectivity index (χ3v) is 5.11. The number of nitro benzene ring substituents is 1. The lowest BCUT2D eigenvalue weighted by atomic mass is 10.2. The van der Waals surface area contributed by atoms with Crippen molar-refractivity contribution < 1.29 is 18.8 Å². The lowest BCUT2D eigenvalue weighted by Crippen LogP contribution is -2.12. The first-order chi connectivity index (χ1) is 11.9. The van der Waals surface area contributed by atoms with E-state index in [0.717, 1.165) is 34.2 Å². The number of hydrogen-bond donors (Lipinski definition) is 1. The number of nitrogens with one attached hydrogen (secondary N) is 1. The molecular weight excluding hydrogens is 371 g/mol. The Morgan fingerprint density at radius 2 is 2.08 bits per heavy atom. The number of carbonyl (C=O) groups is 1. The maximum Gasteiger partial charge on any atom is 0.271 e. The van der Waals surface area contributed by atoms with E-state index in [9.17, 15) is 19.3 Å². The summed E-state index contributed by atoms with van der Waals surface area (Å²) in [5.74, 6) is -0.815. The van der Waals surface area contributed by atoms with Crippen LogP contribution in [0.3, 0.4) is 0 Å². The van der Waals surface area contributed by atoms with Gasteiger partial charge in [-0.15, -0.1) is 11.3 Å². The van der Waals surface area contributed by atoms with Crippen LogP contribution in [0.2, 0.25) is 5.02 Å². The fraction of sp³-hybridized carbons (Fsp3) is 0.0625. The molecule has 1 heterocycles. The molecule has 0 aliphatic carbocycles. The highest BCUT2D eigenvalue weighted by Crippen LogP contribution is 2.37. The van der Waals surface area contributed by atoms with E-state index < -0.39 is 16.6 Å². The van der Waals surface area contributed by atoms with Gasteiger partial charge in [0.1, 0.15) is 16.4 Å². The predicted octanol–water partition coefficient (Wildman–Crippen LogP) is 4.86. The Labute approximate surface area is 149 Å². The van der Waals surface area contributed by atoms with Crippen LogP contribution in [0.5, 0.6) is 5.75 Å². The van der Waals surface area contributed by atoms with E-state index in [1.807, 2.05) is 0 Å². The van der Waals surface area contributed by atoms with Gasteiger partial charge >= 0.3 is 0 Å². The molecule has 0 bridgehead atoms. The highest BCUT2D eigenvalue weighted by molar-refractivity contribution is 7.21. The zero-order valence-electron chi connectivity index (χ0n) is 12.7. The van der Waals surface area contributed by atoms with E-state index in [-0.39, 0.29) is 21.3 Å². The Bertz CT molecular complexity index is 1010. The largest absolute Gasteiger partial charge is 0.497 e. The number of nitrogens with zero attached hydrogens (tertiary/aromatic N) is 1. The number of hydrogen-bond acceptors (Lipinski definition) is 5. The Kier molecular flexibility index (Phi) is 4.56. The van der Waals surface area contributed by atoms with Crippen molar-refractivity contribution in [3.63, 3.8) is 0 Å². The minimum atomic E-state index is -0.780. The van der Waals surface area contributed by atoms with Crippen LogP contribution in [0.15, 0.2) is 36.4 Å². The van der Waals surface area contributed by atoms with E-state index in [1.54, 1.807) is 18.2 Å². The van der Waals surface area contributed by atoms with Gasteiger partial charge in [-0.2, -0.15) is 0 Å². The minimum absolute atomic E-state index is 0.177. The number of thiophene rings is 1. The molecule has 128 valence electrons. The van der Waals surface area contributed by atoms with Gasteiger partial charge in [0.2, 0.25) is 0 Å². The van der Waals surface area contributed by atoms with Gasteiger partial charge < -0.3 is 10.1 Å². The lowest BCUT2D eigenvalue weighted by Gasteiger charge is -2.05. The number of carbonyl (C=O) groups excluding carboxylic acids is 1. The molecule has 3 aromatic rings. The molecule has 0 fully saturated rings. The number of ether oxygens (including phenoxy) is 1. The number of non-ortho nitro benzene ring substituents is 1. The molecule has 9 heteroatoms. The Hall–Kier alpha value is -2.71. The molecule has 0 saturated heterocycles. The number of rotatable bonds is 4. The second-order valence-electron chi connectivity index (χ2n) is 4.98. The summed E-state index contributed by atoms with van der Waals surface area (Å²) in [6, 6.07) is 8.06. The van der Waals surface area contributed by atoms with E-state index in [1.165, 1.54) is 7.11 Å². The van der Waals surface area contributed by atoms with Gasteiger partial charge in [0, 0.05) is 22.2 Å². The Morgan fingerprint density at radius 1 is 1.32 bits per heavy atom. The average Bonchev–Trinajstić information content (AvgIpc) is 2.92. The summed E-state index contributed by atoms with van der Waals surface area (Å²) in [6.45, 7) is 0. The molecule has 3 rings (SSSR count). The first-order valence-corrected chi connectivity index (χ1v) is 8.11. The van der Waals surface area contributed by atoms with Crippen molar-refractivity contribution in [2.75, 3.05) is 12.4 Å². The van der Waals surface area contributed by atoms with Crippen LogP contribution in [-0.2, 0) is 0 Å². The van der Waals surface area contributed by atoms with Gasteiger partial charge in [0.15, 0.2) is 0 Å². The van der Waals surface area contributed by atoms with Crippen LogP contribution >= 0.6 is 22.9 Å². The number of fused-ring (bicyclic) bond motifs is 1. The summed E-state index contributed by atoms with van der Waals surface area (Å²) < 4.78 is 19.7. The topological polar surface area (TPSA) is 81.5 Å². The molecular formula is C16H10ClFN2O4S. The number of nitro groups is 1. The third kappa shape index (κ3) is 3.26. The molecule has 2 aromatic carbocycles. The first kappa shape index (κ1) is 17.1. The van der Waals surface area contributed by atoms with Crippen LogP contribution in [0.25, 0.3) is 10.1 Å². The van der Waals surface area contributed by atoms with Gasteiger partial charge in [0.05, 0.1) is 22.7 Å². The van der Waals surface area contributed by atoms with Crippen molar-refractivity contribution in [3.05, 3.63) is 62.2 Å². The fourth-order valence-electron chi connectivity index (χ4n) is 2.22. The monoisotopic (exact) mass is 380 g/mol. The van der Waals surface area contributed by atoms with Crippen LogP contribution in [-0.4, -0.2) is 17.9 Å². The second kappa shape index (κ2) is 6.66. The van der Waals surface area contributed by atoms with E-state index in [4.69, 9.17) is 16.3 Å². The summed E-state index contributed by atoms with van der Waals surface area (Å²) in [4.78, 5) is 22.7. The maximum absolute atomic E-state index is 13.8. The normalized spacial score (nSPS) is 10.7.